The van der Waals surface area contributed by atoms with Gasteiger partial charge in [0.25, 0.3) is 0 Å². The first-order chi connectivity index (χ1) is 9.20. The molecule has 0 amide bonds. The second kappa shape index (κ2) is 7.41. The summed E-state index contributed by atoms with van der Waals surface area (Å²) >= 11 is 3.71. The van der Waals surface area contributed by atoms with Gasteiger partial charge in [0.1, 0.15) is 0 Å². The third kappa shape index (κ3) is 4.30. The Morgan fingerprint density at radius 3 is 2.95 bits per heavy atom. The smallest absolute Gasteiger partial charge is 0.0247 e. The quantitative estimate of drug-likeness (QED) is 0.888. The van der Waals surface area contributed by atoms with Crippen LogP contribution in [0.4, 0.5) is 0 Å². The van der Waals surface area contributed by atoms with Crippen molar-refractivity contribution in [2.45, 2.75) is 45.2 Å². The van der Waals surface area contributed by atoms with Crippen LogP contribution in [-0.4, -0.2) is 31.1 Å². The molecule has 0 radical (unpaired) electrons. The van der Waals surface area contributed by atoms with E-state index in [0.717, 1.165) is 19.1 Å². The summed E-state index contributed by atoms with van der Waals surface area (Å²) in [5.41, 5.74) is 2.74. The molecule has 3 heteroatoms. The van der Waals surface area contributed by atoms with Crippen molar-refractivity contribution in [1.82, 2.24) is 10.2 Å². The molecule has 0 spiro atoms. The second-order valence-electron chi connectivity index (χ2n) is 5.61. The molecule has 106 valence electrons. The highest BCUT2D eigenvalue weighted by Gasteiger charge is 2.22. The molecular weight excluding hydrogens is 300 g/mol. The zero-order valence-corrected chi connectivity index (χ0v) is 13.7. The van der Waals surface area contributed by atoms with Crippen LogP contribution in [-0.2, 0) is 6.54 Å². The normalized spacial score (nSPS) is 20.7. The van der Waals surface area contributed by atoms with E-state index in [-0.39, 0.29) is 0 Å². The van der Waals surface area contributed by atoms with E-state index >= 15 is 0 Å². The van der Waals surface area contributed by atoms with E-state index in [1.54, 1.807) is 0 Å². The van der Waals surface area contributed by atoms with Crippen LogP contribution in [0, 0.1) is 6.92 Å². The lowest BCUT2D eigenvalue weighted by Gasteiger charge is -2.36. The van der Waals surface area contributed by atoms with Crippen molar-refractivity contribution in [3.05, 3.63) is 33.8 Å². The molecule has 1 fully saturated rings. The van der Waals surface area contributed by atoms with Gasteiger partial charge in [-0.25, -0.2) is 0 Å². The maximum absolute atomic E-state index is 3.71. The summed E-state index contributed by atoms with van der Waals surface area (Å²) in [6.45, 7) is 5.59. The Labute approximate surface area is 125 Å². The third-order valence-corrected chi connectivity index (χ3v) is 4.80. The Morgan fingerprint density at radius 2 is 2.21 bits per heavy atom. The average Bonchev–Trinajstić information content (AvgIpc) is 2.41. The minimum Gasteiger partial charge on any atom is -0.320 e. The highest BCUT2D eigenvalue weighted by Crippen LogP contribution is 2.25. The molecule has 0 saturated carbocycles. The van der Waals surface area contributed by atoms with Crippen LogP contribution in [0.5, 0.6) is 0 Å². The van der Waals surface area contributed by atoms with Crippen molar-refractivity contribution < 1.29 is 0 Å². The summed E-state index contributed by atoms with van der Waals surface area (Å²) < 4.78 is 1.26. The van der Waals surface area contributed by atoms with Crippen LogP contribution in [0.25, 0.3) is 0 Å². The number of nitrogens with one attached hydrogen (secondary N) is 1. The lowest BCUT2D eigenvalue weighted by Crippen LogP contribution is -2.40. The van der Waals surface area contributed by atoms with Gasteiger partial charge in [0.05, 0.1) is 0 Å². The molecule has 1 aromatic rings. The molecule has 2 rings (SSSR count). The van der Waals surface area contributed by atoms with E-state index in [1.807, 2.05) is 7.05 Å². The van der Waals surface area contributed by atoms with Crippen molar-refractivity contribution in [2.75, 3.05) is 20.1 Å². The lowest BCUT2D eigenvalue weighted by atomic mass is 9.98. The van der Waals surface area contributed by atoms with Gasteiger partial charge in [0, 0.05) is 17.1 Å². The summed E-state index contributed by atoms with van der Waals surface area (Å²) in [5, 5.41) is 3.28. The number of nitrogens with zero attached hydrogens (tertiary/aromatic N) is 1. The lowest BCUT2D eigenvalue weighted by molar-refractivity contribution is 0.132. The van der Waals surface area contributed by atoms with Gasteiger partial charge >= 0.3 is 0 Å². The molecule has 1 atom stereocenters. The zero-order valence-electron chi connectivity index (χ0n) is 12.1. The van der Waals surface area contributed by atoms with E-state index < -0.39 is 0 Å². The number of hydrogen-bond acceptors (Lipinski definition) is 2. The summed E-state index contributed by atoms with van der Waals surface area (Å²) in [6, 6.07) is 7.45. The fourth-order valence-corrected chi connectivity index (χ4v) is 3.52. The Balaban J connectivity index is 2.02. The third-order valence-electron chi connectivity index (χ3n) is 4.06. The maximum atomic E-state index is 3.71. The Morgan fingerprint density at radius 1 is 1.37 bits per heavy atom. The second-order valence-corrected chi connectivity index (χ2v) is 6.46. The molecular formula is C16H25BrN2. The van der Waals surface area contributed by atoms with E-state index in [4.69, 9.17) is 0 Å². The molecule has 1 aromatic carbocycles. The zero-order chi connectivity index (χ0) is 13.7. The van der Waals surface area contributed by atoms with Crippen molar-refractivity contribution in [1.29, 1.82) is 0 Å². The van der Waals surface area contributed by atoms with Gasteiger partial charge < -0.3 is 5.32 Å². The highest BCUT2D eigenvalue weighted by molar-refractivity contribution is 9.10. The maximum Gasteiger partial charge on any atom is 0.0247 e. The number of benzene rings is 1. The molecule has 0 aliphatic carbocycles. The van der Waals surface area contributed by atoms with Crippen molar-refractivity contribution in [3.63, 3.8) is 0 Å². The van der Waals surface area contributed by atoms with Crippen molar-refractivity contribution in [3.8, 4) is 0 Å². The predicted octanol–water partition coefficient (Wildman–Crippen LogP) is 3.72. The van der Waals surface area contributed by atoms with Gasteiger partial charge in [-0.2, -0.15) is 0 Å². The van der Waals surface area contributed by atoms with Crippen molar-refractivity contribution in [2.24, 2.45) is 0 Å². The van der Waals surface area contributed by atoms with Crippen LogP contribution in [0.2, 0.25) is 0 Å². The predicted molar refractivity (Wildman–Crippen MR) is 85.5 cm³/mol. The summed E-state index contributed by atoms with van der Waals surface area (Å²) in [5.74, 6) is 0. The molecule has 1 unspecified atom stereocenters. The van der Waals surface area contributed by atoms with Gasteiger partial charge in [-0.15, -0.1) is 0 Å². The fourth-order valence-electron chi connectivity index (χ4n) is 2.91. The summed E-state index contributed by atoms with van der Waals surface area (Å²) in [4.78, 5) is 2.66. The molecule has 1 aliphatic heterocycles. The molecule has 19 heavy (non-hydrogen) atoms. The summed E-state index contributed by atoms with van der Waals surface area (Å²) in [6.07, 6.45) is 5.35. The minimum atomic E-state index is 0.745. The number of rotatable bonds is 5. The average molecular weight is 325 g/mol. The Bertz CT molecular complexity index is 406. The Kier molecular flexibility index (Phi) is 5.86. The molecule has 1 N–H and O–H groups in total. The summed E-state index contributed by atoms with van der Waals surface area (Å²) in [7, 11) is 2.05. The first-order valence-corrected chi connectivity index (χ1v) is 8.13. The molecule has 0 aromatic heterocycles. The van der Waals surface area contributed by atoms with Crippen LogP contribution in [0.15, 0.2) is 22.7 Å². The van der Waals surface area contributed by atoms with Gasteiger partial charge in [0.15, 0.2) is 0 Å². The fraction of sp³-hybridized carbons (Fsp3) is 0.625. The number of piperidine rings is 1. The van der Waals surface area contributed by atoms with E-state index in [9.17, 15) is 0 Å². The Hall–Kier alpha value is -0.380. The van der Waals surface area contributed by atoms with Crippen molar-refractivity contribution >= 4 is 15.9 Å². The number of hydrogen-bond donors (Lipinski definition) is 1. The van der Waals surface area contributed by atoms with E-state index in [2.05, 4.69) is 51.3 Å². The molecule has 0 bridgehead atoms. The van der Waals surface area contributed by atoms with Gasteiger partial charge in [-0.3, -0.25) is 4.90 Å². The van der Waals surface area contributed by atoms with E-state index in [0.29, 0.717) is 0 Å². The SMILES string of the molecule is CNCCC1CCCCN1Cc1ccc(C)cc1Br. The van der Waals surface area contributed by atoms with Gasteiger partial charge in [-0.05, 0) is 63.5 Å². The molecule has 1 heterocycles. The number of aryl methyl sites for hydroxylation is 1. The van der Waals surface area contributed by atoms with Crippen LogP contribution in [0.3, 0.4) is 0 Å². The highest BCUT2D eigenvalue weighted by atomic mass is 79.9. The monoisotopic (exact) mass is 324 g/mol. The van der Waals surface area contributed by atoms with Gasteiger partial charge in [-0.1, -0.05) is 34.5 Å². The number of halogens is 1. The van der Waals surface area contributed by atoms with Gasteiger partial charge in [0.2, 0.25) is 0 Å². The minimum absolute atomic E-state index is 0.745. The standard InChI is InChI=1S/C16H25BrN2/c1-13-6-7-14(16(17)11-13)12-19-10-4-3-5-15(19)8-9-18-2/h6-7,11,15,18H,3-5,8-10,12H2,1-2H3. The first kappa shape index (κ1) is 15.0. The molecule has 1 saturated heterocycles. The van der Waals surface area contributed by atoms with E-state index in [1.165, 1.54) is 47.8 Å². The molecule has 1 aliphatic rings. The van der Waals surface area contributed by atoms with Crippen LogP contribution in [0.1, 0.15) is 36.8 Å². The largest absolute Gasteiger partial charge is 0.320 e. The topological polar surface area (TPSA) is 15.3 Å². The first-order valence-electron chi connectivity index (χ1n) is 7.34. The van der Waals surface area contributed by atoms with Crippen LogP contribution < -0.4 is 5.32 Å². The number of likely N-dealkylation sites (tertiary alicyclic amines) is 1. The molecule has 2 nitrogen and oxygen atoms in total. The van der Waals surface area contributed by atoms with Crippen LogP contribution >= 0.6 is 15.9 Å².